The van der Waals surface area contributed by atoms with Crippen LogP contribution in [0.15, 0.2) is 72.0 Å². The Labute approximate surface area is 156 Å². The van der Waals surface area contributed by atoms with E-state index >= 15 is 0 Å². The molecule has 0 amide bonds. The number of rotatable bonds is 6. The van der Waals surface area contributed by atoms with E-state index in [1.807, 2.05) is 13.2 Å². The van der Waals surface area contributed by atoms with Gasteiger partial charge in [0.05, 0.1) is 0 Å². The van der Waals surface area contributed by atoms with Crippen molar-refractivity contribution in [1.29, 1.82) is 0 Å². The van der Waals surface area contributed by atoms with E-state index in [1.165, 1.54) is 33.3 Å². The molecule has 2 aromatic rings. The molecule has 0 spiro atoms. The molecule has 0 saturated heterocycles. The van der Waals surface area contributed by atoms with E-state index in [2.05, 4.69) is 77.2 Å². The van der Waals surface area contributed by atoms with E-state index in [1.54, 1.807) is 0 Å². The molecule has 2 heterocycles. The van der Waals surface area contributed by atoms with E-state index in [9.17, 15) is 0 Å². The Morgan fingerprint density at radius 2 is 2.15 bits per heavy atom. The summed E-state index contributed by atoms with van der Waals surface area (Å²) in [4.78, 5) is 3.28. The second kappa shape index (κ2) is 9.25. The fourth-order valence-corrected chi connectivity index (χ4v) is 3.33. The lowest BCUT2D eigenvalue weighted by Crippen LogP contribution is -2.17. The van der Waals surface area contributed by atoms with Crippen LogP contribution in [0.25, 0.3) is 16.6 Å². The first kappa shape index (κ1) is 18.3. The predicted molar refractivity (Wildman–Crippen MR) is 113 cm³/mol. The first-order valence-corrected chi connectivity index (χ1v) is 9.52. The summed E-state index contributed by atoms with van der Waals surface area (Å²) < 4.78 is 0. The number of hydrogen-bond donors (Lipinski definition) is 3. The summed E-state index contributed by atoms with van der Waals surface area (Å²) in [7, 11) is 2.02. The third-order valence-electron chi connectivity index (χ3n) is 4.70. The van der Waals surface area contributed by atoms with Gasteiger partial charge in [0.15, 0.2) is 0 Å². The van der Waals surface area contributed by atoms with Crippen molar-refractivity contribution in [3.63, 3.8) is 0 Å². The van der Waals surface area contributed by atoms with Crippen LogP contribution in [0.1, 0.15) is 31.7 Å². The topological polar surface area (TPSA) is 39.9 Å². The molecular weight excluding hydrogens is 318 g/mol. The molecule has 1 aromatic carbocycles. The Balaban J connectivity index is 2.03. The highest BCUT2D eigenvalue weighted by Gasteiger charge is 2.12. The number of benzene rings is 1. The van der Waals surface area contributed by atoms with Gasteiger partial charge in [-0.25, -0.2) is 0 Å². The lowest BCUT2D eigenvalue weighted by molar-refractivity contribution is 0.768. The molecule has 0 radical (unpaired) electrons. The van der Waals surface area contributed by atoms with Crippen LogP contribution in [-0.2, 0) is 0 Å². The summed E-state index contributed by atoms with van der Waals surface area (Å²) >= 11 is 0. The third-order valence-corrected chi connectivity index (χ3v) is 4.70. The largest absolute Gasteiger partial charge is 0.381 e. The summed E-state index contributed by atoms with van der Waals surface area (Å²) in [6.45, 7) is 3.99. The van der Waals surface area contributed by atoms with Crippen molar-refractivity contribution in [1.82, 2.24) is 15.6 Å². The maximum Gasteiger partial charge on any atom is 0.0454 e. The molecule has 0 bridgehead atoms. The summed E-state index contributed by atoms with van der Waals surface area (Å²) in [6.07, 6.45) is 16.2. The maximum atomic E-state index is 3.67. The van der Waals surface area contributed by atoms with Gasteiger partial charge in [-0.05, 0) is 67.8 Å². The van der Waals surface area contributed by atoms with Crippen LogP contribution in [-0.4, -0.2) is 25.1 Å². The van der Waals surface area contributed by atoms with Gasteiger partial charge in [0, 0.05) is 29.3 Å². The van der Waals surface area contributed by atoms with Crippen molar-refractivity contribution in [2.24, 2.45) is 0 Å². The van der Waals surface area contributed by atoms with Crippen molar-refractivity contribution in [2.75, 3.05) is 20.1 Å². The van der Waals surface area contributed by atoms with Crippen molar-refractivity contribution in [3.05, 3.63) is 77.6 Å². The summed E-state index contributed by atoms with van der Waals surface area (Å²) in [5.74, 6) is 0. The minimum absolute atomic E-state index is 0.838. The molecule has 1 aliphatic heterocycles. The molecule has 1 aliphatic rings. The number of nitrogens with one attached hydrogen (secondary N) is 3. The molecule has 26 heavy (non-hydrogen) atoms. The van der Waals surface area contributed by atoms with Crippen LogP contribution in [0.5, 0.6) is 0 Å². The summed E-state index contributed by atoms with van der Waals surface area (Å²) in [5, 5.41) is 8.22. The molecule has 0 unspecified atom stereocenters. The Bertz CT molecular complexity index is 849. The quantitative estimate of drug-likeness (QED) is 0.693. The Morgan fingerprint density at radius 1 is 1.23 bits per heavy atom. The zero-order valence-electron chi connectivity index (χ0n) is 15.8. The van der Waals surface area contributed by atoms with Crippen LogP contribution < -0.4 is 10.6 Å². The van der Waals surface area contributed by atoms with E-state index in [4.69, 9.17) is 0 Å². The minimum Gasteiger partial charge on any atom is -0.381 e. The Kier molecular flexibility index (Phi) is 6.50. The summed E-state index contributed by atoms with van der Waals surface area (Å²) in [5.41, 5.74) is 6.52. The predicted octanol–water partition coefficient (Wildman–Crippen LogP) is 4.93. The van der Waals surface area contributed by atoms with E-state index < -0.39 is 0 Å². The maximum absolute atomic E-state index is 3.67. The monoisotopic (exact) mass is 347 g/mol. The van der Waals surface area contributed by atoms with Crippen LogP contribution in [0, 0.1) is 0 Å². The number of H-pyrrole nitrogens is 1. The zero-order valence-corrected chi connectivity index (χ0v) is 15.8. The average molecular weight is 348 g/mol. The highest BCUT2D eigenvalue weighted by atomic mass is 14.9. The molecule has 1 aromatic heterocycles. The van der Waals surface area contributed by atoms with Crippen molar-refractivity contribution in [2.45, 2.75) is 26.2 Å². The van der Waals surface area contributed by atoms with Gasteiger partial charge < -0.3 is 15.6 Å². The molecule has 0 atom stereocenters. The van der Waals surface area contributed by atoms with Crippen molar-refractivity contribution < 1.29 is 0 Å². The van der Waals surface area contributed by atoms with Crippen LogP contribution >= 0.6 is 0 Å². The fraction of sp³-hybridized carbons (Fsp3) is 0.304. The molecule has 3 rings (SSSR count). The first-order valence-electron chi connectivity index (χ1n) is 9.52. The number of hydrogen-bond acceptors (Lipinski definition) is 2. The molecule has 136 valence electrons. The van der Waals surface area contributed by atoms with Gasteiger partial charge in [-0.2, -0.15) is 0 Å². The first-order chi connectivity index (χ1) is 12.8. The molecule has 0 aliphatic carbocycles. The van der Waals surface area contributed by atoms with Gasteiger partial charge in [0.25, 0.3) is 0 Å². The molecule has 0 saturated carbocycles. The standard InChI is InChI=1S/C23H29N3/c1-3-4-7-18-8-5-6-13-26-23(21(16-18)11-14-24-2)20-9-10-22-19(17-20)12-15-25-22/h4-10,12,15,17,24-26H,3,11,13-14,16H2,1-2H3/b6-5-,7-4+,18-8-,23-21-. The van der Waals surface area contributed by atoms with Crippen molar-refractivity contribution >= 4 is 16.6 Å². The van der Waals surface area contributed by atoms with E-state index in [0.717, 1.165) is 32.4 Å². The zero-order chi connectivity index (χ0) is 18.2. The lowest BCUT2D eigenvalue weighted by Gasteiger charge is -2.18. The van der Waals surface area contributed by atoms with Gasteiger partial charge >= 0.3 is 0 Å². The van der Waals surface area contributed by atoms with E-state index in [-0.39, 0.29) is 0 Å². The average Bonchev–Trinajstić information content (AvgIpc) is 3.15. The van der Waals surface area contributed by atoms with Gasteiger partial charge in [-0.1, -0.05) is 43.4 Å². The van der Waals surface area contributed by atoms with Crippen LogP contribution in [0.2, 0.25) is 0 Å². The Morgan fingerprint density at radius 3 is 3.00 bits per heavy atom. The summed E-state index contributed by atoms with van der Waals surface area (Å²) in [6, 6.07) is 8.80. The number of aromatic nitrogens is 1. The highest BCUT2D eigenvalue weighted by Crippen LogP contribution is 2.27. The molecule has 3 N–H and O–H groups in total. The van der Waals surface area contributed by atoms with Gasteiger partial charge in [-0.3, -0.25) is 0 Å². The second-order valence-corrected chi connectivity index (χ2v) is 6.65. The number of fused-ring (bicyclic) bond motifs is 1. The second-order valence-electron chi connectivity index (χ2n) is 6.65. The number of aromatic amines is 1. The van der Waals surface area contributed by atoms with Crippen molar-refractivity contribution in [3.8, 4) is 0 Å². The van der Waals surface area contributed by atoms with Crippen LogP contribution in [0.4, 0.5) is 0 Å². The highest BCUT2D eigenvalue weighted by molar-refractivity contribution is 5.84. The van der Waals surface area contributed by atoms with Gasteiger partial charge in [-0.15, -0.1) is 0 Å². The molecular formula is C23H29N3. The number of allylic oxidation sites excluding steroid dienone is 5. The SMILES string of the molecule is CC/C=C/C1=C/C=C\CN/C(c2ccc3[nH]ccc3c2)=C(/CCNC)C1. The van der Waals surface area contributed by atoms with Gasteiger partial charge in [0.1, 0.15) is 0 Å². The Hall–Kier alpha value is -2.52. The minimum atomic E-state index is 0.838. The van der Waals surface area contributed by atoms with Crippen LogP contribution in [0.3, 0.4) is 0 Å². The van der Waals surface area contributed by atoms with Gasteiger partial charge in [0.2, 0.25) is 0 Å². The smallest absolute Gasteiger partial charge is 0.0454 e. The molecule has 3 nitrogen and oxygen atoms in total. The lowest BCUT2D eigenvalue weighted by atomic mass is 9.96. The normalized spacial score (nSPS) is 21.7. The van der Waals surface area contributed by atoms with E-state index in [0.29, 0.717) is 0 Å². The third kappa shape index (κ3) is 4.55. The fourth-order valence-electron chi connectivity index (χ4n) is 3.33. The molecule has 3 heteroatoms. The molecule has 0 fully saturated rings.